The summed E-state index contributed by atoms with van der Waals surface area (Å²) in [5, 5.41) is 3.20. The van der Waals surface area contributed by atoms with Crippen molar-refractivity contribution in [2.45, 2.75) is 6.42 Å². The summed E-state index contributed by atoms with van der Waals surface area (Å²) in [7, 11) is 3.92. The SMILES string of the molecule is CN(C)c1ccnc(NCCc2ccccn2)n1. The number of hydrogen-bond donors (Lipinski definition) is 1. The minimum absolute atomic E-state index is 0.650. The van der Waals surface area contributed by atoms with Crippen LogP contribution in [0.5, 0.6) is 0 Å². The van der Waals surface area contributed by atoms with Crippen molar-refractivity contribution in [3.8, 4) is 0 Å². The van der Waals surface area contributed by atoms with E-state index in [9.17, 15) is 0 Å². The summed E-state index contributed by atoms with van der Waals surface area (Å²) in [6.45, 7) is 0.772. The van der Waals surface area contributed by atoms with Gasteiger partial charge in [0.1, 0.15) is 5.82 Å². The first-order chi connectivity index (χ1) is 8.75. The molecule has 2 rings (SSSR count). The molecule has 2 aromatic heterocycles. The van der Waals surface area contributed by atoms with Gasteiger partial charge in [-0.25, -0.2) is 4.98 Å². The molecule has 0 saturated heterocycles. The van der Waals surface area contributed by atoms with Gasteiger partial charge < -0.3 is 10.2 Å². The molecule has 1 N–H and O–H groups in total. The van der Waals surface area contributed by atoms with Gasteiger partial charge in [0, 0.05) is 45.1 Å². The number of anilines is 2. The highest BCUT2D eigenvalue weighted by Gasteiger charge is 2.00. The van der Waals surface area contributed by atoms with E-state index in [1.54, 1.807) is 12.4 Å². The number of nitrogens with zero attached hydrogens (tertiary/aromatic N) is 4. The number of pyridine rings is 1. The van der Waals surface area contributed by atoms with Crippen LogP contribution in [-0.2, 0) is 6.42 Å². The molecule has 0 saturated carbocycles. The summed E-state index contributed by atoms with van der Waals surface area (Å²) in [5.41, 5.74) is 1.06. The monoisotopic (exact) mass is 243 g/mol. The average Bonchev–Trinajstić information content (AvgIpc) is 2.40. The number of aromatic nitrogens is 3. The first-order valence-electron chi connectivity index (χ1n) is 5.90. The third-order valence-corrected chi connectivity index (χ3v) is 2.49. The van der Waals surface area contributed by atoms with Crippen LogP contribution in [0, 0.1) is 0 Å². The molecule has 0 fully saturated rings. The predicted molar refractivity (Wildman–Crippen MR) is 72.8 cm³/mol. The van der Waals surface area contributed by atoms with Crippen LogP contribution in [0.3, 0.4) is 0 Å². The lowest BCUT2D eigenvalue weighted by Gasteiger charge is -2.12. The van der Waals surface area contributed by atoms with E-state index in [4.69, 9.17) is 0 Å². The molecule has 0 aliphatic heterocycles. The lowest BCUT2D eigenvalue weighted by molar-refractivity contribution is 0.935. The normalized spacial score (nSPS) is 10.1. The van der Waals surface area contributed by atoms with Gasteiger partial charge in [-0.3, -0.25) is 4.98 Å². The quantitative estimate of drug-likeness (QED) is 0.864. The molecule has 0 aliphatic carbocycles. The Morgan fingerprint density at radius 2 is 2.00 bits per heavy atom. The molecule has 0 amide bonds. The smallest absolute Gasteiger partial charge is 0.224 e. The number of rotatable bonds is 5. The Bertz CT molecular complexity index is 484. The third kappa shape index (κ3) is 3.41. The molecule has 0 spiro atoms. The summed E-state index contributed by atoms with van der Waals surface area (Å²) in [5.74, 6) is 1.54. The summed E-state index contributed by atoms with van der Waals surface area (Å²) in [6, 6.07) is 7.80. The van der Waals surface area contributed by atoms with Gasteiger partial charge in [0.05, 0.1) is 0 Å². The Labute approximate surface area is 107 Å². The maximum absolute atomic E-state index is 4.39. The highest BCUT2D eigenvalue weighted by molar-refractivity contribution is 5.40. The molecular formula is C13H17N5. The van der Waals surface area contributed by atoms with Crippen molar-refractivity contribution in [3.63, 3.8) is 0 Å². The van der Waals surface area contributed by atoms with E-state index in [1.165, 1.54) is 0 Å². The second kappa shape index (κ2) is 5.95. The van der Waals surface area contributed by atoms with Crippen molar-refractivity contribution in [2.24, 2.45) is 0 Å². The second-order valence-corrected chi connectivity index (χ2v) is 4.13. The van der Waals surface area contributed by atoms with Gasteiger partial charge in [-0.1, -0.05) is 6.07 Å². The van der Waals surface area contributed by atoms with Gasteiger partial charge in [-0.05, 0) is 18.2 Å². The molecule has 18 heavy (non-hydrogen) atoms. The molecule has 5 nitrogen and oxygen atoms in total. The molecule has 2 aromatic rings. The Kier molecular flexibility index (Phi) is 4.06. The minimum Gasteiger partial charge on any atom is -0.363 e. The van der Waals surface area contributed by atoms with Gasteiger partial charge in [-0.2, -0.15) is 4.98 Å². The highest BCUT2D eigenvalue weighted by Crippen LogP contribution is 2.08. The highest BCUT2D eigenvalue weighted by atomic mass is 15.2. The van der Waals surface area contributed by atoms with Crippen LogP contribution in [0.4, 0.5) is 11.8 Å². The summed E-state index contributed by atoms with van der Waals surface area (Å²) in [6.07, 6.45) is 4.42. The number of hydrogen-bond acceptors (Lipinski definition) is 5. The van der Waals surface area contributed by atoms with E-state index in [-0.39, 0.29) is 0 Å². The zero-order valence-corrected chi connectivity index (χ0v) is 10.7. The molecule has 5 heteroatoms. The molecule has 0 atom stereocenters. The summed E-state index contributed by atoms with van der Waals surface area (Å²) in [4.78, 5) is 14.8. The van der Waals surface area contributed by atoms with Crippen molar-refractivity contribution in [3.05, 3.63) is 42.4 Å². The lowest BCUT2D eigenvalue weighted by atomic mass is 10.3. The van der Waals surface area contributed by atoms with Gasteiger partial charge in [0.2, 0.25) is 5.95 Å². The van der Waals surface area contributed by atoms with E-state index in [0.29, 0.717) is 5.95 Å². The third-order valence-electron chi connectivity index (χ3n) is 2.49. The van der Waals surface area contributed by atoms with Crippen molar-refractivity contribution in [2.75, 3.05) is 30.9 Å². The van der Waals surface area contributed by atoms with E-state index >= 15 is 0 Å². The molecule has 0 radical (unpaired) electrons. The predicted octanol–water partition coefficient (Wildman–Crippen LogP) is 1.59. The van der Waals surface area contributed by atoms with Crippen molar-refractivity contribution >= 4 is 11.8 Å². The maximum Gasteiger partial charge on any atom is 0.224 e. The maximum atomic E-state index is 4.39. The molecule has 94 valence electrons. The van der Waals surface area contributed by atoms with Gasteiger partial charge in [0.25, 0.3) is 0 Å². The van der Waals surface area contributed by atoms with Crippen LogP contribution in [0.15, 0.2) is 36.7 Å². The molecule has 0 unspecified atom stereocenters. The minimum atomic E-state index is 0.650. The zero-order chi connectivity index (χ0) is 12.8. The zero-order valence-electron chi connectivity index (χ0n) is 10.7. The van der Waals surface area contributed by atoms with Crippen LogP contribution in [0.2, 0.25) is 0 Å². The van der Waals surface area contributed by atoms with Crippen molar-refractivity contribution < 1.29 is 0 Å². The molecule has 0 aromatic carbocycles. The topological polar surface area (TPSA) is 53.9 Å². The fourth-order valence-corrected chi connectivity index (χ4v) is 1.53. The lowest BCUT2D eigenvalue weighted by Crippen LogP contribution is -2.13. The standard InChI is InChI=1S/C13H17N5/c1-18(2)12-7-10-16-13(17-12)15-9-6-11-5-3-4-8-14-11/h3-5,7-8,10H,6,9H2,1-2H3,(H,15,16,17). The van der Waals surface area contributed by atoms with Crippen LogP contribution >= 0.6 is 0 Å². The first-order valence-corrected chi connectivity index (χ1v) is 5.90. The Morgan fingerprint density at radius 3 is 2.72 bits per heavy atom. The van der Waals surface area contributed by atoms with E-state index < -0.39 is 0 Å². The Morgan fingerprint density at radius 1 is 1.11 bits per heavy atom. The second-order valence-electron chi connectivity index (χ2n) is 4.13. The van der Waals surface area contributed by atoms with Crippen LogP contribution in [0.25, 0.3) is 0 Å². The Balaban J connectivity index is 1.89. The van der Waals surface area contributed by atoms with Gasteiger partial charge >= 0.3 is 0 Å². The van der Waals surface area contributed by atoms with E-state index in [2.05, 4.69) is 20.3 Å². The molecule has 0 aliphatic rings. The van der Waals surface area contributed by atoms with Crippen LogP contribution < -0.4 is 10.2 Å². The van der Waals surface area contributed by atoms with Crippen LogP contribution in [-0.4, -0.2) is 35.6 Å². The molecule has 2 heterocycles. The number of nitrogens with one attached hydrogen (secondary N) is 1. The fourth-order valence-electron chi connectivity index (χ4n) is 1.53. The van der Waals surface area contributed by atoms with E-state index in [0.717, 1.165) is 24.5 Å². The van der Waals surface area contributed by atoms with Gasteiger partial charge in [-0.15, -0.1) is 0 Å². The van der Waals surface area contributed by atoms with Crippen molar-refractivity contribution in [1.82, 2.24) is 15.0 Å². The average molecular weight is 243 g/mol. The largest absolute Gasteiger partial charge is 0.363 e. The van der Waals surface area contributed by atoms with Crippen molar-refractivity contribution in [1.29, 1.82) is 0 Å². The Hall–Kier alpha value is -2.17. The summed E-state index contributed by atoms with van der Waals surface area (Å²) >= 11 is 0. The molecular weight excluding hydrogens is 226 g/mol. The van der Waals surface area contributed by atoms with Crippen LogP contribution in [0.1, 0.15) is 5.69 Å². The molecule has 0 bridgehead atoms. The summed E-state index contributed by atoms with van der Waals surface area (Å²) < 4.78 is 0. The van der Waals surface area contributed by atoms with E-state index in [1.807, 2.05) is 43.3 Å². The first kappa shape index (κ1) is 12.3. The fraction of sp³-hybridized carbons (Fsp3) is 0.308. The van der Waals surface area contributed by atoms with Gasteiger partial charge in [0.15, 0.2) is 0 Å².